The minimum atomic E-state index is -0.209. The van der Waals surface area contributed by atoms with Crippen molar-refractivity contribution in [2.24, 2.45) is 11.3 Å². The molecule has 1 aliphatic carbocycles. The molecule has 0 amide bonds. The quantitative estimate of drug-likeness (QED) is 0.734. The van der Waals surface area contributed by atoms with E-state index in [1.807, 2.05) is 0 Å². The molecule has 1 unspecified atom stereocenters. The Bertz CT molecular complexity index is 264. The SMILES string of the molecule is CCCC(C)(C)C1CCC2(CC1)OCC(CC)O2. The molecule has 0 bridgehead atoms. The van der Waals surface area contributed by atoms with E-state index in [0.29, 0.717) is 11.5 Å². The van der Waals surface area contributed by atoms with E-state index in [1.165, 1.54) is 25.7 Å². The van der Waals surface area contributed by atoms with E-state index in [-0.39, 0.29) is 5.79 Å². The Hall–Kier alpha value is -0.0800. The zero-order valence-electron chi connectivity index (χ0n) is 12.6. The van der Waals surface area contributed by atoms with Crippen LogP contribution >= 0.6 is 0 Å². The molecule has 0 aromatic rings. The molecule has 2 aliphatic rings. The highest BCUT2D eigenvalue weighted by Crippen LogP contribution is 2.47. The van der Waals surface area contributed by atoms with Crippen LogP contribution in [0.15, 0.2) is 0 Å². The van der Waals surface area contributed by atoms with E-state index in [0.717, 1.165) is 31.8 Å². The summed E-state index contributed by atoms with van der Waals surface area (Å²) < 4.78 is 12.1. The van der Waals surface area contributed by atoms with Crippen LogP contribution in [-0.2, 0) is 9.47 Å². The van der Waals surface area contributed by atoms with Crippen LogP contribution in [0.4, 0.5) is 0 Å². The number of hydrogen-bond donors (Lipinski definition) is 0. The number of ether oxygens (including phenoxy) is 2. The van der Waals surface area contributed by atoms with Crippen LogP contribution in [0.5, 0.6) is 0 Å². The first-order chi connectivity index (χ1) is 8.51. The van der Waals surface area contributed by atoms with Gasteiger partial charge in [-0.2, -0.15) is 0 Å². The van der Waals surface area contributed by atoms with Crippen LogP contribution in [0.25, 0.3) is 0 Å². The van der Waals surface area contributed by atoms with Gasteiger partial charge in [0.05, 0.1) is 12.7 Å². The molecule has 106 valence electrons. The molecule has 0 aromatic carbocycles. The lowest BCUT2D eigenvalue weighted by molar-refractivity contribution is -0.197. The molecule has 1 atom stereocenters. The molecular weight excluding hydrogens is 224 g/mol. The van der Waals surface area contributed by atoms with Crippen molar-refractivity contribution in [2.45, 2.75) is 84.5 Å². The Kier molecular flexibility index (Phi) is 4.38. The fraction of sp³-hybridized carbons (Fsp3) is 1.00. The first-order valence-corrected chi connectivity index (χ1v) is 7.83. The predicted molar refractivity (Wildman–Crippen MR) is 74.5 cm³/mol. The second-order valence-electron chi connectivity index (χ2n) is 6.88. The monoisotopic (exact) mass is 254 g/mol. The van der Waals surface area contributed by atoms with E-state index < -0.39 is 0 Å². The van der Waals surface area contributed by atoms with E-state index in [4.69, 9.17) is 9.47 Å². The molecule has 2 fully saturated rings. The average molecular weight is 254 g/mol. The maximum atomic E-state index is 6.14. The second kappa shape index (κ2) is 5.50. The van der Waals surface area contributed by atoms with Crippen molar-refractivity contribution in [3.05, 3.63) is 0 Å². The van der Waals surface area contributed by atoms with Gasteiger partial charge in [-0.15, -0.1) is 0 Å². The smallest absolute Gasteiger partial charge is 0.168 e. The van der Waals surface area contributed by atoms with E-state index in [9.17, 15) is 0 Å². The summed E-state index contributed by atoms with van der Waals surface area (Å²) in [6.45, 7) is 10.2. The van der Waals surface area contributed by atoms with Gasteiger partial charge in [-0.25, -0.2) is 0 Å². The van der Waals surface area contributed by atoms with Crippen molar-refractivity contribution in [1.29, 1.82) is 0 Å². The van der Waals surface area contributed by atoms with Crippen LogP contribution in [0, 0.1) is 11.3 Å². The summed E-state index contributed by atoms with van der Waals surface area (Å²) in [6.07, 6.45) is 8.77. The van der Waals surface area contributed by atoms with E-state index in [1.54, 1.807) is 0 Å². The predicted octanol–water partition coefficient (Wildman–Crippen LogP) is 4.52. The molecule has 1 heterocycles. The fourth-order valence-corrected chi connectivity index (χ4v) is 3.77. The Balaban J connectivity index is 1.88. The van der Waals surface area contributed by atoms with Crippen molar-refractivity contribution in [3.8, 4) is 0 Å². The lowest BCUT2D eigenvalue weighted by Crippen LogP contribution is -2.39. The minimum Gasteiger partial charge on any atom is -0.347 e. The number of hydrogen-bond acceptors (Lipinski definition) is 2. The van der Waals surface area contributed by atoms with E-state index in [2.05, 4.69) is 27.7 Å². The van der Waals surface area contributed by atoms with Gasteiger partial charge in [0.25, 0.3) is 0 Å². The zero-order chi connectivity index (χ0) is 13.2. The third-order valence-corrected chi connectivity index (χ3v) is 5.12. The molecule has 1 spiro atoms. The van der Waals surface area contributed by atoms with Crippen molar-refractivity contribution < 1.29 is 9.47 Å². The van der Waals surface area contributed by atoms with Gasteiger partial charge in [0, 0.05) is 12.8 Å². The highest BCUT2D eigenvalue weighted by atomic mass is 16.7. The highest BCUT2D eigenvalue weighted by Gasteiger charge is 2.45. The Morgan fingerprint density at radius 3 is 2.33 bits per heavy atom. The molecule has 0 radical (unpaired) electrons. The molecule has 1 saturated heterocycles. The van der Waals surface area contributed by atoms with Crippen LogP contribution < -0.4 is 0 Å². The second-order valence-corrected chi connectivity index (χ2v) is 6.88. The summed E-state index contributed by atoms with van der Waals surface area (Å²) in [5.41, 5.74) is 0.485. The van der Waals surface area contributed by atoms with Gasteiger partial charge in [0.15, 0.2) is 5.79 Å². The summed E-state index contributed by atoms with van der Waals surface area (Å²) in [5.74, 6) is 0.635. The summed E-state index contributed by atoms with van der Waals surface area (Å²) in [7, 11) is 0. The lowest BCUT2D eigenvalue weighted by atomic mass is 9.68. The maximum Gasteiger partial charge on any atom is 0.168 e. The molecule has 2 heteroatoms. The molecule has 18 heavy (non-hydrogen) atoms. The van der Waals surface area contributed by atoms with Crippen LogP contribution in [0.2, 0.25) is 0 Å². The molecule has 0 aromatic heterocycles. The van der Waals surface area contributed by atoms with Gasteiger partial charge in [0.1, 0.15) is 0 Å². The largest absolute Gasteiger partial charge is 0.347 e. The average Bonchev–Trinajstić information content (AvgIpc) is 2.73. The van der Waals surface area contributed by atoms with Crippen molar-refractivity contribution >= 4 is 0 Å². The van der Waals surface area contributed by atoms with Gasteiger partial charge in [-0.05, 0) is 37.0 Å². The van der Waals surface area contributed by atoms with Crippen molar-refractivity contribution in [1.82, 2.24) is 0 Å². The first-order valence-electron chi connectivity index (χ1n) is 7.83. The van der Waals surface area contributed by atoms with Crippen molar-refractivity contribution in [3.63, 3.8) is 0 Å². The minimum absolute atomic E-state index is 0.209. The molecular formula is C16H30O2. The standard InChI is InChI=1S/C16H30O2/c1-5-9-15(3,4)13-7-10-16(11-8-13)17-12-14(6-2)18-16/h13-14H,5-12H2,1-4H3. The highest BCUT2D eigenvalue weighted by molar-refractivity contribution is 4.89. The Labute approximate surface area is 112 Å². The van der Waals surface area contributed by atoms with Gasteiger partial charge in [-0.3, -0.25) is 0 Å². The Morgan fingerprint density at radius 1 is 1.17 bits per heavy atom. The number of rotatable bonds is 4. The van der Waals surface area contributed by atoms with Gasteiger partial charge in [-0.1, -0.05) is 34.1 Å². The summed E-state index contributed by atoms with van der Waals surface area (Å²) >= 11 is 0. The van der Waals surface area contributed by atoms with Crippen LogP contribution in [0.3, 0.4) is 0 Å². The maximum absolute atomic E-state index is 6.14. The molecule has 1 aliphatic heterocycles. The lowest BCUT2D eigenvalue weighted by Gasteiger charge is -2.42. The van der Waals surface area contributed by atoms with Gasteiger partial charge < -0.3 is 9.47 Å². The van der Waals surface area contributed by atoms with Crippen LogP contribution in [-0.4, -0.2) is 18.5 Å². The van der Waals surface area contributed by atoms with E-state index >= 15 is 0 Å². The molecule has 0 N–H and O–H groups in total. The normalized spacial score (nSPS) is 37.3. The third-order valence-electron chi connectivity index (χ3n) is 5.12. The van der Waals surface area contributed by atoms with Crippen LogP contribution in [0.1, 0.15) is 72.6 Å². The third kappa shape index (κ3) is 2.91. The van der Waals surface area contributed by atoms with Crippen molar-refractivity contribution in [2.75, 3.05) is 6.61 Å². The summed E-state index contributed by atoms with van der Waals surface area (Å²) in [4.78, 5) is 0. The zero-order valence-corrected chi connectivity index (χ0v) is 12.6. The first kappa shape index (κ1) is 14.3. The van der Waals surface area contributed by atoms with Gasteiger partial charge in [0.2, 0.25) is 0 Å². The fourth-order valence-electron chi connectivity index (χ4n) is 3.77. The molecule has 2 nitrogen and oxygen atoms in total. The summed E-state index contributed by atoms with van der Waals surface area (Å²) in [5, 5.41) is 0. The topological polar surface area (TPSA) is 18.5 Å². The summed E-state index contributed by atoms with van der Waals surface area (Å²) in [6, 6.07) is 0. The van der Waals surface area contributed by atoms with Gasteiger partial charge >= 0.3 is 0 Å². The Morgan fingerprint density at radius 2 is 1.83 bits per heavy atom. The molecule has 2 rings (SSSR count). The molecule has 1 saturated carbocycles.